The van der Waals surface area contributed by atoms with E-state index in [0.717, 1.165) is 12.8 Å². The zero-order valence-electron chi connectivity index (χ0n) is 18.9. The Morgan fingerprint density at radius 2 is 1.90 bits per heavy atom. The Morgan fingerprint density at radius 3 is 2.47 bits per heavy atom. The minimum Gasteiger partial charge on any atom is -0.459 e. The summed E-state index contributed by atoms with van der Waals surface area (Å²) in [5.41, 5.74) is -1.78. The monoisotopic (exact) mass is 430 g/mol. The molecule has 0 radical (unpaired) electrons. The Balaban J connectivity index is 3.02. The van der Waals surface area contributed by atoms with Crippen LogP contribution in [0.4, 0.5) is 0 Å². The normalized spacial score (nSPS) is 36.4. The second-order valence-electron chi connectivity index (χ2n) is 8.55. The van der Waals surface area contributed by atoms with Crippen LogP contribution in [0.2, 0.25) is 0 Å². The first-order valence-corrected chi connectivity index (χ1v) is 10.7. The van der Waals surface area contributed by atoms with Crippen molar-refractivity contribution in [2.24, 2.45) is 11.8 Å². The molecule has 0 saturated carbocycles. The van der Waals surface area contributed by atoms with Crippen LogP contribution in [-0.4, -0.2) is 70.0 Å². The van der Waals surface area contributed by atoms with E-state index in [1.807, 2.05) is 6.92 Å². The van der Waals surface area contributed by atoms with Crippen molar-refractivity contribution in [1.82, 2.24) is 0 Å². The van der Waals surface area contributed by atoms with Gasteiger partial charge in [0.05, 0.1) is 24.9 Å². The van der Waals surface area contributed by atoms with E-state index in [-0.39, 0.29) is 6.61 Å². The second-order valence-corrected chi connectivity index (χ2v) is 8.55. The van der Waals surface area contributed by atoms with Crippen molar-refractivity contribution < 1.29 is 39.1 Å². The highest BCUT2D eigenvalue weighted by atomic mass is 16.6. The maximum atomic E-state index is 12.3. The summed E-state index contributed by atoms with van der Waals surface area (Å²) in [4.78, 5) is 23.8. The summed E-state index contributed by atoms with van der Waals surface area (Å²) in [5.74, 6) is -2.38. The molecular weight excluding hydrogens is 392 g/mol. The van der Waals surface area contributed by atoms with Crippen LogP contribution in [0, 0.1) is 11.8 Å². The number of carbonyl (C=O) groups excluding carboxylic acids is 2. The average Bonchev–Trinajstić information content (AvgIpc) is 2.70. The molecule has 0 amide bonds. The first-order valence-electron chi connectivity index (χ1n) is 10.7. The highest BCUT2D eigenvalue weighted by molar-refractivity contribution is 5.82. The molecule has 1 aliphatic heterocycles. The number of aliphatic hydroxyl groups excluding tert-OH is 2. The SMILES string of the molecule is CCCCC(O)/C=C/C(=O)O[C@@H]1[C@H](C)[C@H](O)[C@@](C)(O)[C@H](OC(C)=O)[C@@H](C)CO[C@H]1C. The predicted molar refractivity (Wildman–Crippen MR) is 110 cm³/mol. The first-order chi connectivity index (χ1) is 13.9. The van der Waals surface area contributed by atoms with Crippen molar-refractivity contribution >= 4 is 11.9 Å². The van der Waals surface area contributed by atoms with Crippen LogP contribution < -0.4 is 0 Å². The zero-order chi connectivity index (χ0) is 23.1. The Morgan fingerprint density at radius 1 is 1.27 bits per heavy atom. The van der Waals surface area contributed by atoms with E-state index in [0.29, 0.717) is 6.42 Å². The molecule has 30 heavy (non-hydrogen) atoms. The topological polar surface area (TPSA) is 123 Å². The largest absolute Gasteiger partial charge is 0.459 e. The second kappa shape index (κ2) is 11.8. The zero-order valence-corrected chi connectivity index (χ0v) is 18.9. The summed E-state index contributed by atoms with van der Waals surface area (Å²) in [7, 11) is 0. The fourth-order valence-corrected chi connectivity index (χ4v) is 3.86. The average molecular weight is 431 g/mol. The van der Waals surface area contributed by atoms with E-state index in [1.165, 1.54) is 26.0 Å². The number of carbonyl (C=O) groups is 2. The van der Waals surface area contributed by atoms with Crippen molar-refractivity contribution in [2.45, 2.75) is 96.9 Å². The minimum atomic E-state index is -1.78. The molecule has 0 aromatic heterocycles. The van der Waals surface area contributed by atoms with Crippen LogP contribution in [0.5, 0.6) is 0 Å². The van der Waals surface area contributed by atoms with Gasteiger partial charge in [-0.15, -0.1) is 0 Å². The summed E-state index contributed by atoms with van der Waals surface area (Å²) < 4.78 is 16.7. The van der Waals surface area contributed by atoms with Crippen LogP contribution in [0.1, 0.15) is 60.8 Å². The third kappa shape index (κ3) is 7.34. The molecule has 3 N–H and O–H groups in total. The van der Waals surface area contributed by atoms with E-state index < -0.39 is 59.9 Å². The molecule has 1 fully saturated rings. The van der Waals surface area contributed by atoms with Gasteiger partial charge in [-0.3, -0.25) is 4.79 Å². The van der Waals surface area contributed by atoms with Gasteiger partial charge in [0.2, 0.25) is 0 Å². The van der Waals surface area contributed by atoms with Gasteiger partial charge in [0.1, 0.15) is 17.8 Å². The van der Waals surface area contributed by atoms with Gasteiger partial charge in [0.15, 0.2) is 0 Å². The maximum absolute atomic E-state index is 12.3. The molecule has 8 heteroatoms. The Hall–Kier alpha value is -1.48. The Labute approximate surface area is 179 Å². The number of ether oxygens (including phenoxy) is 3. The van der Waals surface area contributed by atoms with Gasteiger partial charge in [0.25, 0.3) is 0 Å². The molecule has 8 atom stereocenters. The number of hydrogen-bond donors (Lipinski definition) is 3. The first kappa shape index (κ1) is 26.6. The van der Waals surface area contributed by atoms with E-state index in [4.69, 9.17) is 14.2 Å². The summed E-state index contributed by atoms with van der Waals surface area (Å²) in [6, 6.07) is 0. The molecule has 8 nitrogen and oxygen atoms in total. The summed E-state index contributed by atoms with van der Waals surface area (Å²) >= 11 is 0. The van der Waals surface area contributed by atoms with Crippen molar-refractivity contribution in [1.29, 1.82) is 0 Å². The Kier molecular flexibility index (Phi) is 10.4. The summed E-state index contributed by atoms with van der Waals surface area (Å²) in [6.45, 7) is 9.88. The molecule has 0 aliphatic carbocycles. The molecule has 1 saturated heterocycles. The van der Waals surface area contributed by atoms with E-state index in [1.54, 1.807) is 20.8 Å². The highest BCUT2D eigenvalue weighted by Crippen LogP contribution is 2.34. The number of rotatable bonds is 7. The van der Waals surface area contributed by atoms with E-state index in [2.05, 4.69) is 0 Å². The fourth-order valence-electron chi connectivity index (χ4n) is 3.86. The van der Waals surface area contributed by atoms with Gasteiger partial charge < -0.3 is 29.5 Å². The molecule has 174 valence electrons. The minimum absolute atomic E-state index is 0.133. The quantitative estimate of drug-likeness (QED) is 0.412. The number of hydrogen-bond acceptors (Lipinski definition) is 8. The molecule has 1 rings (SSSR count). The maximum Gasteiger partial charge on any atom is 0.330 e. The molecular formula is C22H38O8. The van der Waals surface area contributed by atoms with Crippen molar-refractivity contribution in [3.63, 3.8) is 0 Å². The molecule has 0 aromatic rings. The molecule has 0 aromatic carbocycles. The number of aliphatic hydroxyl groups is 3. The van der Waals surface area contributed by atoms with Gasteiger partial charge in [-0.25, -0.2) is 4.79 Å². The van der Waals surface area contributed by atoms with Crippen LogP contribution in [0.3, 0.4) is 0 Å². The molecule has 0 spiro atoms. The molecule has 1 unspecified atom stereocenters. The lowest BCUT2D eigenvalue weighted by Crippen LogP contribution is -2.58. The van der Waals surface area contributed by atoms with Crippen molar-refractivity contribution in [3.8, 4) is 0 Å². The number of esters is 2. The standard InChI is InChI=1S/C22H38O8/c1-7-8-9-17(24)10-11-18(25)30-19-14(3)20(26)22(6,27)21(29-16(5)23)13(2)12-28-15(19)4/h10-11,13-15,17,19-21,24,26-27H,7-9,12H2,1-6H3/b11-10+/t13-,14-,15-,17?,19+,20-,21+,22+/m0/s1. The van der Waals surface area contributed by atoms with Gasteiger partial charge in [-0.1, -0.05) is 33.6 Å². The van der Waals surface area contributed by atoms with E-state index in [9.17, 15) is 24.9 Å². The molecule has 1 heterocycles. The van der Waals surface area contributed by atoms with Gasteiger partial charge in [-0.05, 0) is 26.3 Å². The lowest BCUT2D eigenvalue weighted by atomic mass is 9.78. The molecule has 1 aliphatic rings. The number of unbranched alkanes of at least 4 members (excludes halogenated alkanes) is 1. The summed E-state index contributed by atoms with van der Waals surface area (Å²) in [5, 5.41) is 31.8. The lowest BCUT2D eigenvalue weighted by Gasteiger charge is -2.41. The lowest BCUT2D eigenvalue weighted by molar-refractivity contribution is -0.197. The van der Waals surface area contributed by atoms with Crippen molar-refractivity contribution in [3.05, 3.63) is 12.2 Å². The van der Waals surface area contributed by atoms with Crippen LogP contribution in [0.25, 0.3) is 0 Å². The van der Waals surface area contributed by atoms with Crippen LogP contribution in [0.15, 0.2) is 12.2 Å². The predicted octanol–water partition coefficient (Wildman–Crippen LogP) is 1.74. The smallest absolute Gasteiger partial charge is 0.330 e. The highest BCUT2D eigenvalue weighted by Gasteiger charge is 2.50. The third-order valence-corrected chi connectivity index (χ3v) is 5.65. The third-order valence-electron chi connectivity index (χ3n) is 5.65. The van der Waals surface area contributed by atoms with Gasteiger partial charge in [0, 0.05) is 24.8 Å². The van der Waals surface area contributed by atoms with E-state index >= 15 is 0 Å². The van der Waals surface area contributed by atoms with Gasteiger partial charge >= 0.3 is 11.9 Å². The molecule has 0 bridgehead atoms. The van der Waals surface area contributed by atoms with Gasteiger partial charge in [-0.2, -0.15) is 0 Å². The fraction of sp³-hybridized carbons (Fsp3) is 0.818. The Bertz CT molecular complexity index is 588. The van der Waals surface area contributed by atoms with Crippen molar-refractivity contribution in [2.75, 3.05) is 6.61 Å². The summed E-state index contributed by atoms with van der Waals surface area (Å²) in [6.07, 6.45) is 0.356. The van der Waals surface area contributed by atoms with Crippen LogP contribution >= 0.6 is 0 Å². The van der Waals surface area contributed by atoms with Crippen LogP contribution in [-0.2, 0) is 23.8 Å².